The van der Waals surface area contributed by atoms with Crippen molar-refractivity contribution in [2.24, 2.45) is 0 Å². The van der Waals surface area contributed by atoms with Crippen molar-refractivity contribution in [2.75, 3.05) is 0 Å². The minimum Gasteiger partial charge on any atom is -0.329 e. The zero-order valence-corrected chi connectivity index (χ0v) is 11.6. The Kier molecular flexibility index (Phi) is 2.86. The van der Waals surface area contributed by atoms with E-state index in [0.717, 1.165) is 16.5 Å². The van der Waals surface area contributed by atoms with Crippen LogP contribution in [0.3, 0.4) is 0 Å². The minimum absolute atomic E-state index is 0.374. The van der Waals surface area contributed by atoms with E-state index in [1.807, 2.05) is 66.7 Å². The molecule has 0 unspecified atom stereocenters. The van der Waals surface area contributed by atoms with Crippen molar-refractivity contribution in [1.82, 2.24) is 9.72 Å². The van der Waals surface area contributed by atoms with Gasteiger partial charge in [0.1, 0.15) is 0 Å². The van der Waals surface area contributed by atoms with Crippen LogP contribution in [0.4, 0.5) is 0 Å². The highest BCUT2D eigenvalue weighted by molar-refractivity contribution is 5.79. The van der Waals surface area contributed by atoms with Gasteiger partial charge >= 0.3 is 5.63 Å². The predicted molar refractivity (Wildman–Crippen MR) is 85.0 cm³/mol. The molecule has 4 heteroatoms. The Morgan fingerprint density at radius 2 is 1.64 bits per heavy atom. The summed E-state index contributed by atoms with van der Waals surface area (Å²) in [6, 6.07) is 21.1. The number of fused-ring (bicyclic) bond motifs is 1. The van der Waals surface area contributed by atoms with Gasteiger partial charge in [0.2, 0.25) is 0 Å². The van der Waals surface area contributed by atoms with Gasteiger partial charge in [0.05, 0.1) is 17.3 Å². The van der Waals surface area contributed by atoms with Crippen LogP contribution >= 0.6 is 0 Å². The summed E-state index contributed by atoms with van der Waals surface area (Å²) in [6.45, 7) is 0. The van der Waals surface area contributed by atoms with Gasteiger partial charge in [0, 0.05) is 5.39 Å². The van der Waals surface area contributed by atoms with E-state index in [9.17, 15) is 4.79 Å². The number of nitrogens with zero attached hydrogens (tertiary/aromatic N) is 2. The Morgan fingerprint density at radius 1 is 0.864 bits per heavy atom. The number of rotatable bonds is 2. The maximum Gasteiger partial charge on any atom is 0.365 e. The number of hydrogen-bond acceptors (Lipinski definition) is 3. The van der Waals surface area contributed by atoms with Gasteiger partial charge in [-0.05, 0) is 23.8 Å². The predicted octanol–water partition coefficient (Wildman–Crippen LogP) is 3.65. The maximum absolute atomic E-state index is 12.1. The van der Waals surface area contributed by atoms with Crippen molar-refractivity contribution in [2.45, 2.75) is 0 Å². The number of pyridine rings is 1. The Bertz CT molecular complexity index is 1000. The van der Waals surface area contributed by atoms with Gasteiger partial charge in [-0.25, -0.2) is 9.78 Å². The van der Waals surface area contributed by atoms with Gasteiger partial charge in [-0.2, -0.15) is 4.74 Å². The Balaban J connectivity index is 1.84. The molecular weight excluding hydrogens is 276 g/mol. The van der Waals surface area contributed by atoms with Gasteiger partial charge < -0.3 is 4.52 Å². The van der Waals surface area contributed by atoms with Crippen LogP contribution in [0.2, 0.25) is 0 Å². The van der Waals surface area contributed by atoms with Crippen molar-refractivity contribution in [3.8, 4) is 16.9 Å². The second-order valence-electron chi connectivity index (χ2n) is 4.98. The molecule has 0 saturated heterocycles. The molecule has 22 heavy (non-hydrogen) atoms. The molecule has 0 radical (unpaired) electrons. The van der Waals surface area contributed by atoms with Crippen LogP contribution in [0.15, 0.2) is 82.2 Å². The summed E-state index contributed by atoms with van der Waals surface area (Å²) in [5.74, 6) is 0.581. The summed E-state index contributed by atoms with van der Waals surface area (Å²) in [7, 11) is 0. The molecule has 0 spiro atoms. The molecule has 0 saturated carbocycles. The fourth-order valence-corrected chi connectivity index (χ4v) is 2.44. The second kappa shape index (κ2) is 5.00. The molecule has 4 nitrogen and oxygen atoms in total. The first-order valence-electron chi connectivity index (χ1n) is 6.96. The van der Waals surface area contributed by atoms with Crippen molar-refractivity contribution in [3.05, 3.63) is 83.3 Å². The molecule has 0 bridgehead atoms. The van der Waals surface area contributed by atoms with Crippen LogP contribution in [0.5, 0.6) is 0 Å². The van der Waals surface area contributed by atoms with Crippen molar-refractivity contribution in [3.63, 3.8) is 0 Å². The summed E-state index contributed by atoms with van der Waals surface area (Å²) in [4.78, 5) is 16.6. The third kappa shape index (κ3) is 2.11. The smallest absolute Gasteiger partial charge is 0.329 e. The lowest BCUT2D eigenvalue weighted by Gasteiger charge is -2.01. The Morgan fingerprint density at radius 3 is 2.50 bits per heavy atom. The Labute approximate surface area is 126 Å². The summed E-state index contributed by atoms with van der Waals surface area (Å²) < 4.78 is 6.72. The van der Waals surface area contributed by atoms with Gasteiger partial charge in [-0.15, -0.1) is 0 Å². The van der Waals surface area contributed by atoms with E-state index in [4.69, 9.17) is 4.52 Å². The fraction of sp³-hybridized carbons (Fsp3) is 0. The molecule has 0 fully saturated rings. The van der Waals surface area contributed by atoms with Crippen molar-refractivity contribution in [1.29, 1.82) is 0 Å². The molecule has 4 aromatic rings. The van der Waals surface area contributed by atoms with E-state index in [-0.39, 0.29) is 5.63 Å². The maximum atomic E-state index is 12.1. The number of aromatic nitrogens is 2. The summed E-state index contributed by atoms with van der Waals surface area (Å²) in [5, 5.41) is 1.05. The third-order valence-corrected chi connectivity index (χ3v) is 3.54. The fourth-order valence-electron chi connectivity index (χ4n) is 2.44. The standard InChI is InChI=1S/C18H12N2O2/c21-18-15(13-6-2-1-3-7-13)12-20(22-18)17-11-10-14-8-4-5-9-16(14)19-17/h1-12H. The lowest BCUT2D eigenvalue weighted by molar-refractivity contribution is 0.320. The highest BCUT2D eigenvalue weighted by Crippen LogP contribution is 2.18. The molecule has 0 atom stereocenters. The van der Waals surface area contributed by atoms with E-state index in [1.165, 1.54) is 4.74 Å². The van der Waals surface area contributed by atoms with Crippen LogP contribution in [0, 0.1) is 0 Å². The number of para-hydroxylation sites is 1. The van der Waals surface area contributed by atoms with Crippen LogP contribution in [-0.4, -0.2) is 9.72 Å². The van der Waals surface area contributed by atoms with Gasteiger partial charge in [-0.3, -0.25) is 0 Å². The molecule has 106 valence electrons. The van der Waals surface area contributed by atoms with E-state index < -0.39 is 0 Å². The SMILES string of the molecule is O=c1on(-c2ccc3ccccc3n2)cc1-c1ccccc1. The van der Waals surface area contributed by atoms with E-state index >= 15 is 0 Å². The van der Waals surface area contributed by atoms with Crippen molar-refractivity contribution < 1.29 is 4.52 Å². The number of benzene rings is 2. The van der Waals surface area contributed by atoms with Crippen LogP contribution in [-0.2, 0) is 0 Å². The molecule has 2 aromatic carbocycles. The molecule has 0 amide bonds. The van der Waals surface area contributed by atoms with Crippen LogP contribution in [0.25, 0.3) is 27.8 Å². The summed E-state index contributed by atoms with van der Waals surface area (Å²) in [5.41, 5.74) is 1.84. The van der Waals surface area contributed by atoms with Gasteiger partial charge in [-0.1, -0.05) is 48.5 Å². The van der Waals surface area contributed by atoms with Gasteiger partial charge in [0.25, 0.3) is 0 Å². The lowest BCUT2D eigenvalue weighted by Crippen LogP contribution is -1.98. The summed E-state index contributed by atoms with van der Waals surface area (Å²) >= 11 is 0. The average Bonchev–Trinajstić information content (AvgIpc) is 2.97. The highest BCUT2D eigenvalue weighted by atomic mass is 16.5. The number of hydrogen-bond donors (Lipinski definition) is 0. The van der Waals surface area contributed by atoms with Gasteiger partial charge in [0.15, 0.2) is 5.82 Å². The third-order valence-electron chi connectivity index (χ3n) is 3.54. The van der Waals surface area contributed by atoms with E-state index in [0.29, 0.717) is 11.4 Å². The average molecular weight is 288 g/mol. The topological polar surface area (TPSA) is 48.0 Å². The first-order valence-corrected chi connectivity index (χ1v) is 6.96. The quantitative estimate of drug-likeness (QED) is 0.565. The second-order valence-corrected chi connectivity index (χ2v) is 4.98. The molecule has 2 heterocycles. The molecular formula is C18H12N2O2. The van der Waals surface area contributed by atoms with E-state index in [1.54, 1.807) is 6.20 Å². The van der Waals surface area contributed by atoms with E-state index in [2.05, 4.69) is 4.98 Å². The Hall–Kier alpha value is -3.14. The largest absolute Gasteiger partial charge is 0.365 e. The molecule has 0 aliphatic carbocycles. The van der Waals surface area contributed by atoms with Crippen LogP contribution in [0.1, 0.15) is 0 Å². The van der Waals surface area contributed by atoms with Crippen molar-refractivity contribution >= 4 is 10.9 Å². The zero-order valence-electron chi connectivity index (χ0n) is 11.6. The minimum atomic E-state index is -0.374. The first-order chi connectivity index (χ1) is 10.8. The molecule has 0 aliphatic rings. The van der Waals surface area contributed by atoms with Crippen LogP contribution < -0.4 is 5.63 Å². The molecule has 0 N–H and O–H groups in total. The summed E-state index contributed by atoms with van der Waals surface area (Å²) in [6.07, 6.45) is 1.68. The lowest BCUT2D eigenvalue weighted by atomic mass is 10.1. The zero-order chi connectivity index (χ0) is 14.9. The normalized spacial score (nSPS) is 10.9. The molecule has 4 rings (SSSR count). The first kappa shape index (κ1) is 12.6. The molecule has 0 aliphatic heterocycles. The molecule has 2 aromatic heterocycles. The highest BCUT2D eigenvalue weighted by Gasteiger charge is 2.11. The monoisotopic (exact) mass is 288 g/mol.